The van der Waals surface area contributed by atoms with Crippen LogP contribution in [0.4, 0.5) is 0 Å². The molecule has 136 valence electrons. The number of aliphatic hydroxyl groups is 1. The topological polar surface area (TPSA) is 36.8 Å². The number of aliphatic hydroxyl groups excluding tert-OH is 1. The van der Waals surface area contributed by atoms with Gasteiger partial charge in [-0.25, -0.2) is 0 Å². The molecular formula is C22H24Cl2NO+. The van der Waals surface area contributed by atoms with Crippen LogP contribution in [-0.4, -0.2) is 18.8 Å². The third kappa shape index (κ3) is 4.24. The fraction of sp³-hybridized carbons (Fsp3) is 0.364. The molecule has 0 aliphatic heterocycles. The third-order valence-corrected chi connectivity index (χ3v) is 5.81. The van der Waals surface area contributed by atoms with Crippen molar-refractivity contribution in [3.05, 3.63) is 68.7 Å². The first-order valence-electron chi connectivity index (χ1n) is 9.12. The Morgan fingerprint density at radius 1 is 1.08 bits per heavy atom. The highest BCUT2D eigenvalue weighted by Crippen LogP contribution is 2.41. The number of hydrogen-bond acceptors (Lipinski definition) is 1. The average Bonchev–Trinajstić information content (AvgIpc) is 2.66. The zero-order valence-electron chi connectivity index (χ0n) is 14.9. The molecule has 4 heteroatoms. The fourth-order valence-electron chi connectivity index (χ4n) is 3.70. The summed E-state index contributed by atoms with van der Waals surface area (Å²) in [4.78, 5) is 0. The molecule has 0 saturated heterocycles. The largest absolute Gasteiger partial charge is 0.396 e. The number of rotatable bonds is 4. The Bertz CT molecular complexity index is 838. The van der Waals surface area contributed by atoms with E-state index >= 15 is 0 Å². The number of hydrogen-bond donors (Lipinski definition) is 2. The van der Waals surface area contributed by atoms with Crippen LogP contribution in [0.2, 0.25) is 10.0 Å². The lowest BCUT2D eigenvalue weighted by Crippen LogP contribution is -2.81. The van der Waals surface area contributed by atoms with E-state index in [2.05, 4.69) is 48.5 Å². The molecule has 2 atom stereocenters. The summed E-state index contributed by atoms with van der Waals surface area (Å²) >= 11 is 12.3. The van der Waals surface area contributed by atoms with E-state index in [4.69, 9.17) is 28.3 Å². The molecule has 2 aromatic carbocycles. The second kappa shape index (κ2) is 8.93. The van der Waals surface area contributed by atoms with E-state index in [9.17, 15) is 0 Å². The quantitative estimate of drug-likeness (QED) is 0.595. The number of quaternary nitrogens is 1. The van der Waals surface area contributed by atoms with E-state index in [1.807, 2.05) is 12.1 Å². The summed E-state index contributed by atoms with van der Waals surface area (Å²) in [5.41, 5.74) is 4.99. The van der Waals surface area contributed by atoms with Crippen molar-refractivity contribution in [3.63, 3.8) is 0 Å². The van der Waals surface area contributed by atoms with Gasteiger partial charge >= 0.3 is 0 Å². The molecule has 0 bridgehead atoms. The molecule has 3 N–H and O–H groups in total. The molecule has 0 spiro atoms. The maximum atomic E-state index is 8.87. The molecule has 3 rings (SSSR count). The smallest absolute Gasteiger partial charge is 0.112 e. The van der Waals surface area contributed by atoms with Gasteiger partial charge < -0.3 is 10.4 Å². The highest BCUT2D eigenvalue weighted by molar-refractivity contribution is 6.42. The Morgan fingerprint density at radius 3 is 2.65 bits per heavy atom. The first-order chi connectivity index (χ1) is 12.6. The molecule has 0 saturated carbocycles. The molecule has 0 unspecified atom stereocenters. The summed E-state index contributed by atoms with van der Waals surface area (Å²) in [5.74, 6) is 6.72. The number of halogens is 2. The standard InChI is InChI=1S/C22H23Cl2NO/c1-25-22-11-9-17(16-7-10-20(23)21(24)14-16)18-8-6-15(13-19(18)22)5-3-2-4-12-26/h6-8,10,13-14,17,22,25-26H,2,4,9,11-12H2,1H3/p+1/t17-,22-/m0/s1. The fourth-order valence-corrected chi connectivity index (χ4v) is 4.01. The van der Waals surface area contributed by atoms with Gasteiger partial charge in [-0.05, 0) is 48.2 Å². The third-order valence-electron chi connectivity index (χ3n) is 5.07. The van der Waals surface area contributed by atoms with Crippen LogP contribution >= 0.6 is 23.2 Å². The number of unbranched alkanes of at least 4 members (excludes halogenated alkanes) is 1. The molecule has 2 aromatic rings. The van der Waals surface area contributed by atoms with Crippen LogP contribution < -0.4 is 5.32 Å². The molecule has 1 aliphatic rings. The molecule has 1 aliphatic carbocycles. The first kappa shape index (κ1) is 19.3. The lowest BCUT2D eigenvalue weighted by Gasteiger charge is -2.30. The van der Waals surface area contributed by atoms with Crippen molar-refractivity contribution in [2.45, 2.75) is 37.6 Å². The Hall–Kier alpha value is -1.50. The second-order valence-corrected chi connectivity index (χ2v) is 7.53. The minimum absolute atomic E-state index is 0.192. The minimum Gasteiger partial charge on any atom is -0.396 e. The summed E-state index contributed by atoms with van der Waals surface area (Å²) in [5, 5.41) is 12.4. The predicted octanol–water partition coefficient (Wildman–Crippen LogP) is 4.28. The molecular weight excluding hydrogens is 365 g/mol. The lowest BCUT2D eigenvalue weighted by molar-refractivity contribution is -0.671. The summed E-state index contributed by atoms with van der Waals surface area (Å²) in [7, 11) is 2.13. The maximum absolute atomic E-state index is 8.87. The second-order valence-electron chi connectivity index (χ2n) is 6.72. The molecule has 0 amide bonds. The van der Waals surface area contributed by atoms with Crippen LogP contribution in [-0.2, 0) is 0 Å². The average molecular weight is 389 g/mol. The normalized spacial score (nSPS) is 18.8. The van der Waals surface area contributed by atoms with Crippen LogP contribution in [0.25, 0.3) is 0 Å². The summed E-state index contributed by atoms with van der Waals surface area (Å²) < 4.78 is 0. The van der Waals surface area contributed by atoms with Gasteiger partial charge in [0.15, 0.2) is 0 Å². The Labute approximate surface area is 165 Å². The van der Waals surface area contributed by atoms with Crippen molar-refractivity contribution in [2.75, 3.05) is 13.7 Å². The van der Waals surface area contributed by atoms with Crippen molar-refractivity contribution in [2.24, 2.45) is 0 Å². The SMILES string of the molecule is C[NH2+][C@H]1CC[C@@H](c2ccc(Cl)c(Cl)c2)c2ccc(C#CCCCO)cc21. The van der Waals surface area contributed by atoms with Crippen LogP contribution in [0.15, 0.2) is 36.4 Å². The van der Waals surface area contributed by atoms with E-state index in [0.29, 0.717) is 22.0 Å². The zero-order valence-corrected chi connectivity index (χ0v) is 16.4. The van der Waals surface area contributed by atoms with Crippen molar-refractivity contribution in [3.8, 4) is 11.8 Å². The Kier molecular flexibility index (Phi) is 6.62. The van der Waals surface area contributed by atoms with Crippen molar-refractivity contribution < 1.29 is 10.4 Å². The molecule has 2 nitrogen and oxygen atoms in total. The van der Waals surface area contributed by atoms with Crippen LogP contribution in [0.1, 0.15) is 59.9 Å². The van der Waals surface area contributed by atoms with Gasteiger partial charge in [-0.1, -0.05) is 47.2 Å². The van der Waals surface area contributed by atoms with Gasteiger partial charge in [0, 0.05) is 36.5 Å². The highest BCUT2D eigenvalue weighted by atomic mass is 35.5. The van der Waals surface area contributed by atoms with Gasteiger partial charge in [0.1, 0.15) is 6.04 Å². The van der Waals surface area contributed by atoms with E-state index in [1.165, 1.54) is 16.7 Å². The lowest BCUT2D eigenvalue weighted by atomic mass is 9.76. The van der Waals surface area contributed by atoms with E-state index in [0.717, 1.165) is 31.2 Å². The van der Waals surface area contributed by atoms with Crippen molar-refractivity contribution in [1.82, 2.24) is 0 Å². The van der Waals surface area contributed by atoms with Gasteiger partial charge in [0.2, 0.25) is 0 Å². The zero-order chi connectivity index (χ0) is 18.5. The van der Waals surface area contributed by atoms with Gasteiger partial charge in [-0.3, -0.25) is 0 Å². The van der Waals surface area contributed by atoms with Gasteiger partial charge in [-0.2, -0.15) is 0 Å². The number of nitrogens with two attached hydrogens (primary N) is 1. The van der Waals surface area contributed by atoms with Crippen LogP contribution in [0.5, 0.6) is 0 Å². The molecule has 0 heterocycles. The van der Waals surface area contributed by atoms with Crippen molar-refractivity contribution >= 4 is 23.2 Å². The van der Waals surface area contributed by atoms with Crippen LogP contribution in [0.3, 0.4) is 0 Å². The van der Waals surface area contributed by atoms with Gasteiger partial charge in [-0.15, -0.1) is 0 Å². The highest BCUT2D eigenvalue weighted by Gasteiger charge is 2.29. The number of fused-ring (bicyclic) bond motifs is 1. The Morgan fingerprint density at radius 2 is 1.92 bits per heavy atom. The summed E-state index contributed by atoms with van der Waals surface area (Å²) in [6, 6.07) is 13.0. The van der Waals surface area contributed by atoms with Gasteiger partial charge in [0.05, 0.1) is 17.1 Å². The molecule has 0 radical (unpaired) electrons. The van der Waals surface area contributed by atoms with Crippen LogP contribution in [0, 0.1) is 11.8 Å². The minimum atomic E-state index is 0.192. The molecule has 0 fully saturated rings. The monoisotopic (exact) mass is 388 g/mol. The van der Waals surface area contributed by atoms with Gasteiger partial charge in [0.25, 0.3) is 0 Å². The van der Waals surface area contributed by atoms with Crippen molar-refractivity contribution in [1.29, 1.82) is 0 Å². The predicted molar refractivity (Wildman–Crippen MR) is 108 cm³/mol. The molecule has 26 heavy (non-hydrogen) atoms. The van der Waals surface area contributed by atoms with E-state index < -0.39 is 0 Å². The summed E-state index contributed by atoms with van der Waals surface area (Å²) in [6.07, 6.45) is 3.67. The van der Waals surface area contributed by atoms with E-state index in [-0.39, 0.29) is 6.61 Å². The first-order valence-corrected chi connectivity index (χ1v) is 9.87. The maximum Gasteiger partial charge on any atom is 0.112 e. The van der Waals surface area contributed by atoms with E-state index in [1.54, 1.807) is 0 Å². The molecule has 0 aromatic heterocycles. The Balaban J connectivity index is 1.95. The summed E-state index contributed by atoms with van der Waals surface area (Å²) in [6.45, 7) is 0.192. The number of benzene rings is 2.